The molecule has 0 aliphatic heterocycles. The van der Waals surface area contributed by atoms with E-state index >= 15 is 0 Å². The van der Waals surface area contributed by atoms with Crippen molar-refractivity contribution in [3.8, 4) is 17.2 Å². The average molecular weight is 356 g/mol. The third-order valence-corrected chi connectivity index (χ3v) is 4.11. The maximum atomic E-state index is 6.24. The maximum Gasteiger partial charge on any atom is 0.179 e. The highest BCUT2D eigenvalue weighted by Crippen LogP contribution is 2.36. The van der Waals surface area contributed by atoms with E-state index < -0.39 is 0 Å². The summed E-state index contributed by atoms with van der Waals surface area (Å²) in [5, 5.41) is 1.53. The van der Waals surface area contributed by atoms with Gasteiger partial charge in [0.05, 0.1) is 32.0 Å². The van der Waals surface area contributed by atoms with E-state index in [1.165, 1.54) is 0 Å². The third kappa shape index (κ3) is 3.54. The summed E-state index contributed by atoms with van der Waals surface area (Å²) in [6.07, 6.45) is 3.85. The maximum absolute atomic E-state index is 6.24. The van der Waals surface area contributed by atoms with Crippen LogP contribution >= 0.6 is 11.6 Å². The Bertz CT molecular complexity index is 938. The van der Waals surface area contributed by atoms with E-state index in [2.05, 4.69) is 4.98 Å². The number of hydrogen-bond donors (Lipinski definition) is 0. The van der Waals surface area contributed by atoms with Crippen LogP contribution in [0.2, 0.25) is 5.02 Å². The fraction of sp³-hybridized carbons (Fsp3) is 0.150. The molecule has 0 saturated carbocycles. The Morgan fingerprint density at radius 3 is 2.40 bits per heavy atom. The number of fused-ring (bicyclic) bond motifs is 1. The number of rotatable bonds is 5. The van der Waals surface area contributed by atoms with Crippen molar-refractivity contribution in [1.82, 2.24) is 4.98 Å². The molecule has 128 valence electrons. The molecule has 0 N–H and O–H groups in total. The molecule has 2 aromatic carbocycles. The third-order valence-electron chi connectivity index (χ3n) is 3.83. The zero-order valence-corrected chi connectivity index (χ0v) is 15.0. The van der Waals surface area contributed by atoms with E-state index in [4.69, 9.17) is 25.8 Å². The van der Waals surface area contributed by atoms with Gasteiger partial charge in [-0.05, 0) is 35.9 Å². The fourth-order valence-corrected chi connectivity index (χ4v) is 2.90. The summed E-state index contributed by atoms with van der Waals surface area (Å²) in [4.78, 5) is 4.66. The molecule has 0 aliphatic carbocycles. The van der Waals surface area contributed by atoms with E-state index in [1.807, 2.05) is 54.6 Å². The highest BCUT2D eigenvalue weighted by Gasteiger charge is 2.09. The van der Waals surface area contributed by atoms with Crippen molar-refractivity contribution in [1.29, 1.82) is 0 Å². The van der Waals surface area contributed by atoms with Crippen LogP contribution < -0.4 is 14.2 Å². The predicted molar refractivity (Wildman–Crippen MR) is 102 cm³/mol. The molecule has 1 heterocycles. The zero-order chi connectivity index (χ0) is 17.8. The van der Waals surface area contributed by atoms with Crippen LogP contribution in [0.1, 0.15) is 11.3 Å². The molecule has 0 aliphatic rings. The highest BCUT2D eigenvalue weighted by molar-refractivity contribution is 6.32. The minimum atomic E-state index is 0.495. The smallest absolute Gasteiger partial charge is 0.179 e. The fourth-order valence-electron chi connectivity index (χ4n) is 2.61. The van der Waals surface area contributed by atoms with E-state index in [0.717, 1.165) is 27.9 Å². The first-order valence-electron chi connectivity index (χ1n) is 7.69. The molecule has 0 radical (unpaired) electrons. The van der Waals surface area contributed by atoms with Gasteiger partial charge in [0.15, 0.2) is 11.5 Å². The minimum Gasteiger partial charge on any atom is -0.494 e. The molecule has 0 saturated heterocycles. The highest BCUT2D eigenvalue weighted by atomic mass is 35.5. The Morgan fingerprint density at radius 2 is 1.68 bits per heavy atom. The lowest BCUT2D eigenvalue weighted by Gasteiger charge is -2.10. The molecule has 0 spiro atoms. The molecule has 4 nitrogen and oxygen atoms in total. The van der Waals surface area contributed by atoms with E-state index in [9.17, 15) is 0 Å². The van der Waals surface area contributed by atoms with Gasteiger partial charge in [0.2, 0.25) is 0 Å². The first kappa shape index (κ1) is 17.1. The van der Waals surface area contributed by atoms with E-state index in [-0.39, 0.29) is 0 Å². The summed E-state index contributed by atoms with van der Waals surface area (Å²) < 4.78 is 16.0. The van der Waals surface area contributed by atoms with Crippen LogP contribution in [0.4, 0.5) is 0 Å². The van der Waals surface area contributed by atoms with Crippen LogP contribution in [0, 0.1) is 0 Å². The normalized spacial score (nSPS) is 11.0. The molecule has 0 unspecified atom stereocenters. The predicted octanol–water partition coefficient (Wildman–Crippen LogP) is 5.08. The Morgan fingerprint density at radius 1 is 0.880 bits per heavy atom. The first-order valence-corrected chi connectivity index (χ1v) is 8.07. The summed E-state index contributed by atoms with van der Waals surface area (Å²) in [5.41, 5.74) is 2.55. The SMILES string of the molecule is COc1cc(C=Cc2ccc3cccc(OC)c3n2)cc(Cl)c1OC. The average Bonchev–Trinajstić information content (AvgIpc) is 2.65. The van der Waals surface area contributed by atoms with Gasteiger partial charge in [0.1, 0.15) is 11.3 Å². The number of aromatic nitrogens is 1. The van der Waals surface area contributed by atoms with Crippen LogP contribution in [0.5, 0.6) is 17.2 Å². The van der Waals surface area contributed by atoms with Crippen molar-refractivity contribution in [3.05, 3.63) is 58.7 Å². The number of hydrogen-bond acceptors (Lipinski definition) is 4. The van der Waals surface area contributed by atoms with Gasteiger partial charge in [-0.25, -0.2) is 4.98 Å². The Labute approximate surface area is 151 Å². The van der Waals surface area contributed by atoms with Gasteiger partial charge >= 0.3 is 0 Å². The van der Waals surface area contributed by atoms with Crippen LogP contribution in [-0.2, 0) is 0 Å². The standard InChI is InChI=1S/C20H18ClNO3/c1-23-17-6-4-5-14-8-10-15(22-19(14)17)9-7-13-11-16(21)20(25-3)18(12-13)24-2/h4-12H,1-3H3. The topological polar surface area (TPSA) is 40.6 Å². The molecular weight excluding hydrogens is 338 g/mol. The van der Waals surface area contributed by atoms with Gasteiger partial charge in [0, 0.05) is 5.39 Å². The van der Waals surface area contributed by atoms with Gasteiger partial charge in [-0.15, -0.1) is 0 Å². The van der Waals surface area contributed by atoms with Gasteiger partial charge in [-0.3, -0.25) is 0 Å². The van der Waals surface area contributed by atoms with Crippen LogP contribution in [0.3, 0.4) is 0 Å². The summed E-state index contributed by atoms with van der Waals surface area (Å²) >= 11 is 6.24. The van der Waals surface area contributed by atoms with Gasteiger partial charge in [0.25, 0.3) is 0 Å². The number of halogens is 1. The Kier molecular flexibility index (Phi) is 5.10. The lowest BCUT2D eigenvalue weighted by Crippen LogP contribution is -1.92. The molecule has 0 amide bonds. The Hall–Kier alpha value is -2.72. The lowest BCUT2D eigenvalue weighted by molar-refractivity contribution is 0.355. The molecular formula is C20H18ClNO3. The van der Waals surface area contributed by atoms with E-state index in [0.29, 0.717) is 16.5 Å². The molecule has 0 fully saturated rings. The zero-order valence-electron chi connectivity index (χ0n) is 14.2. The number of ether oxygens (including phenoxy) is 3. The van der Waals surface area contributed by atoms with Crippen molar-refractivity contribution in [2.75, 3.05) is 21.3 Å². The number of benzene rings is 2. The second-order valence-corrected chi connectivity index (χ2v) is 5.75. The lowest BCUT2D eigenvalue weighted by atomic mass is 10.1. The quantitative estimate of drug-likeness (QED) is 0.639. The number of methoxy groups -OCH3 is 3. The number of pyridine rings is 1. The van der Waals surface area contributed by atoms with Gasteiger partial charge in [-0.2, -0.15) is 0 Å². The monoisotopic (exact) mass is 355 g/mol. The first-order chi connectivity index (χ1) is 12.2. The second kappa shape index (κ2) is 7.45. The molecule has 3 aromatic rings. The van der Waals surface area contributed by atoms with Crippen LogP contribution in [0.15, 0.2) is 42.5 Å². The van der Waals surface area contributed by atoms with Crippen molar-refractivity contribution in [2.24, 2.45) is 0 Å². The molecule has 1 aromatic heterocycles. The van der Waals surface area contributed by atoms with E-state index in [1.54, 1.807) is 21.3 Å². The van der Waals surface area contributed by atoms with Crippen LogP contribution in [-0.4, -0.2) is 26.3 Å². The number of nitrogens with zero attached hydrogens (tertiary/aromatic N) is 1. The van der Waals surface area contributed by atoms with Crippen LogP contribution in [0.25, 0.3) is 23.1 Å². The number of para-hydroxylation sites is 1. The largest absolute Gasteiger partial charge is 0.494 e. The summed E-state index contributed by atoms with van der Waals surface area (Å²) in [6.45, 7) is 0. The second-order valence-electron chi connectivity index (χ2n) is 5.34. The molecule has 5 heteroatoms. The summed E-state index contributed by atoms with van der Waals surface area (Å²) in [6, 6.07) is 13.5. The van der Waals surface area contributed by atoms with Crippen molar-refractivity contribution in [2.45, 2.75) is 0 Å². The van der Waals surface area contributed by atoms with Gasteiger partial charge in [-0.1, -0.05) is 35.9 Å². The van der Waals surface area contributed by atoms with Crippen molar-refractivity contribution in [3.63, 3.8) is 0 Å². The minimum absolute atomic E-state index is 0.495. The summed E-state index contributed by atoms with van der Waals surface area (Å²) in [5.74, 6) is 1.86. The van der Waals surface area contributed by atoms with Crippen molar-refractivity contribution >= 4 is 34.7 Å². The Balaban J connectivity index is 1.97. The molecule has 0 bridgehead atoms. The molecule has 0 atom stereocenters. The molecule has 25 heavy (non-hydrogen) atoms. The van der Waals surface area contributed by atoms with Gasteiger partial charge < -0.3 is 14.2 Å². The summed E-state index contributed by atoms with van der Waals surface area (Å²) in [7, 11) is 4.79. The van der Waals surface area contributed by atoms with Crippen molar-refractivity contribution < 1.29 is 14.2 Å². The molecule has 3 rings (SSSR count).